The molecule has 0 saturated carbocycles. The van der Waals surface area contributed by atoms with Crippen LogP contribution in [-0.4, -0.2) is 23.8 Å². The second-order valence-electron chi connectivity index (χ2n) is 7.32. The van der Waals surface area contributed by atoms with Crippen LogP contribution in [-0.2, 0) is 17.4 Å². The molecule has 2 aromatic heterocycles. The molecule has 1 aromatic carbocycles. The van der Waals surface area contributed by atoms with Crippen molar-refractivity contribution >= 4 is 39.1 Å². The third-order valence-corrected chi connectivity index (χ3v) is 6.53. The summed E-state index contributed by atoms with van der Waals surface area (Å²) in [6.07, 6.45) is -4.21. The number of thiophene rings is 1. The molecule has 5 nitrogen and oxygen atoms in total. The van der Waals surface area contributed by atoms with Gasteiger partial charge in [-0.3, -0.25) is 9.59 Å². The van der Waals surface area contributed by atoms with Crippen molar-refractivity contribution in [2.24, 2.45) is 0 Å². The number of amides is 2. The molecule has 4 rings (SSSR count). The van der Waals surface area contributed by atoms with Crippen LogP contribution in [0.2, 0.25) is 0 Å². The summed E-state index contributed by atoms with van der Waals surface area (Å²) in [4.78, 5) is 30.5. The number of benzene rings is 1. The van der Waals surface area contributed by atoms with Gasteiger partial charge in [0.1, 0.15) is 10.5 Å². The summed E-state index contributed by atoms with van der Waals surface area (Å²) >= 11 is 0.946. The third-order valence-electron chi connectivity index (χ3n) is 5.33. The predicted octanol–water partition coefficient (Wildman–Crippen LogP) is 4.63. The van der Waals surface area contributed by atoms with E-state index in [-0.39, 0.29) is 22.7 Å². The molecular formula is C21H18F3N3O2S. The average molecular weight is 433 g/mol. The van der Waals surface area contributed by atoms with Crippen LogP contribution < -0.4 is 10.2 Å². The summed E-state index contributed by atoms with van der Waals surface area (Å²) in [5.74, 6) is -0.351. The first-order chi connectivity index (χ1) is 14.1. The minimum Gasteiger partial charge on any atom is -0.345 e. The highest BCUT2D eigenvalue weighted by atomic mass is 32.1. The Balaban J connectivity index is 1.58. The number of pyridine rings is 1. The van der Waals surface area contributed by atoms with Crippen LogP contribution in [0.1, 0.15) is 45.0 Å². The minimum atomic E-state index is -4.54. The summed E-state index contributed by atoms with van der Waals surface area (Å²) in [5, 5.41) is 3.43. The molecule has 3 heterocycles. The number of rotatable bonds is 3. The van der Waals surface area contributed by atoms with E-state index in [9.17, 15) is 22.8 Å². The van der Waals surface area contributed by atoms with Gasteiger partial charge in [-0.15, -0.1) is 11.3 Å². The van der Waals surface area contributed by atoms with Gasteiger partial charge < -0.3 is 10.2 Å². The fraction of sp³-hybridized carbons (Fsp3) is 0.286. The van der Waals surface area contributed by atoms with E-state index >= 15 is 0 Å². The van der Waals surface area contributed by atoms with Gasteiger partial charge in [0, 0.05) is 18.1 Å². The molecule has 1 aliphatic heterocycles. The molecule has 1 aliphatic rings. The number of hydrogen-bond acceptors (Lipinski definition) is 4. The highest BCUT2D eigenvalue weighted by Crippen LogP contribution is 2.35. The molecule has 30 heavy (non-hydrogen) atoms. The Bertz CT molecular complexity index is 1190. The number of hydrogen-bond donors (Lipinski definition) is 1. The zero-order valence-corrected chi connectivity index (χ0v) is 17.2. The van der Waals surface area contributed by atoms with Crippen LogP contribution in [0.5, 0.6) is 0 Å². The molecule has 1 atom stereocenters. The van der Waals surface area contributed by atoms with Gasteiger partial charge in [0.05, 0.1) is 17.3 Å². The number of halogens is 3. The smallest absolute Gasteiger partial charge is 0.345 e. The van der Waals surface area contributed by atoms with Crippen LogP contribution >= 0.6 is 11.3 Å². The van der Waals surface area contributed by atoms with E-state index in [1.807, 2.05) is 25.1 Å². The standard InChI is InChI=1S/C21H18F3N3O2S/c1-10-14-5-7-16(21(22,23)24)26-20(14)30-18(10)19(29)25-11(2)12-4-6-15-13(8-12)9-17(28)27(15)3/h4-8,11H,9H2,1-3H3,(H,25,29). The second kappa shape index (κ2) is 7.09. The van der Waals surface area contributed by atoms with Crippen molar-refractivity contribution in [3.05, 3.63) is 57.6 Å². The van der Waals surface area contributed by atoms with Gasteiger partial charge in [-0.1, -0.05) is 12.1 Å². The first kappa shape index (κ1) is 20.3. The first-order valence-corrected chi connectivity index (χ1v) is 10.1. The third kappa shape index (κ3) is 3.43. The van der Waals surface area contributed by atoms with Gasteiger partial charge in [-0.2, -0.15) is 13.2 Å². The molecule has 0 spiro atoms. The number of alkyl halides is 3. The molecule has 1 unspecified atom stereocenters. The SMILES string of the molecule is Cc1c(C(=O)NC(C)c2ccc3c(c2)CC(=O)N3C)sc2nc(C(F)(F)F)ccc12. The number of carbonyl (C=O) groups is 2. The zero-order chi connectivity index (χ0) is 21.8. The van der Waals surface area contributed by atoms with Crippen molar-refractivity contribution < 1.29 is 22.8 Å². The zero-order valence-electron chi connectivity index (χ0n) is 16.4. The number of fused-ring (bicyclic) bond motifs is 2. The lowest BCUT2D eigenvalue weighted by molar-refractivity contribution is -0.140. The monoisotopic (exact) mass is 433 g/mol. The van der Waals surface area contributed by atoms with Gasteiger partial charge >= 0.3 is 6.18 Å². The summed E-state index contributed by atoms with van der Waals surface area (Å²) in [7, 11) is 1.72. The topological polar surface area (TPSA) is 62.3 Å². The van der Waals surface area contributed by atoms with E-state index in [0.717, 1.165) is 34.2 Å². The Kier molecular flexibility index (Phi) is 4.80. The van der Waals surface area contributed by atoms with Gasteiger partial charge in [0.25, 0.3) is 5.91 Å². The fourth-order valence-electron chi connectivity index (χ4n) is 3.58. The Labute approximate surface area is 174 Å². The maximum atomic E-state index is 12.9. The van der Waals surface area contributed by atoms with Crippen LogP contribution in [0, 0.1) is 6.92 Å². The molecule has 1 N–H and O–H groups in total. The van der Waals surface area contributed by atoms with Crippen LogP contribution in [0.4, 0.5) is 18.9 Å². The van der Waals surface area contributed by atoms with E-state index in [0.29, 0.717) is 22.2 Å². The summed E-state index contributed by atoms with van der Waals surface area (Å²) in [6.45, 7) is 3.52. The summed E-state index contributed by atoms with van der Waals surface area (Å²) in [5.41, 5.74) is 2.23. The van der Waals surface area contributed by atoms with Crippen molar-refractivity contribution in [1.29, 1.82) is 0 Å². The number of nitrogens with one attached hydrogen (secondary N) is 1. The molecule has 0 aliphatic carbocycles. The highest BCUT2D eigenvalue weighted by molar-refractivity contribution is 7.20. The molecule has 156 valence electrons. The maximum Gasteiger partial charge on any atom is 0.433 e. The van der Waals surface area contributed by atoms with Gasteiger partial charge in [-0.05, 0) is 48.7 Å². The van der Waals surface area contributed by atoms with Crippen LogP contribution in [0.3, 0.4) is 0 Å². The van der Waals surface area contributed by atoms with Gasteiger partial charge in [0.2, 0.25) is 5.91 Å². The first-order valence-electron chi connectivity index (χ1n) is 9.24. The number of carbonyl (C=O) groups excluding carboxylic acids is 2. The van der Waals surface area contributed by atoms with Crippen molar-refractivity contribution in [1.82, 2.24) is 10.3 Å². The van der Waals surface area contributed by atoms with E-state index in [4.69, 9.17) is 0 Å². The largest absolute Gasteiger partial charge is 0.433 e. The summed E-state index contributed by atoms with van der Waals surface area (Å²) in [6, 6.07) is 7.54. The Morgan fingerprint density at radius 3 is 2.70 bits per heavy atom. The molecule has 0 saturated heterocycles. The number of anilines is 1. The van der Waals surface area contributed by atoms with E-state index in [1.165, 1.54) is 6.07 Å². The second-order valence-corrected chi connectivity index (χ2v) is 8.32. The molecule has 9 heteroatoms. The van der Waals surface area contributed by atoms with Crippen molar-refractivity contribution in [2.45, 2.75) is 32.5 Å². The highest BCUT2D eigenvalue weighted by Gasteiger charge is 2.33. The lowest BCUT2D eigenvalue weighted by Gasteiger charge is -2.16. The normalized spacial score (nSPS) is 14.9. The lowest BCUT2D eigenvalue weighted by Crippen LogP contribution is -2.26. The number of nitrogens with zero attached hydrogens (tertiary/aromatic N) is 2. The average Bonchev–Trinajstić information content (AvgIpc) is 3.17. The minimum absolute atomic E-state index is 0.0189. The molecular weight excluding hydrogens is 415 g/mol. The predicted molar refractivity (Wildman–Crippen MR) is 109 cm³/mol. The van der Waals surface area contributed by atoms with E-state index in [1.54, 1.807) is 18.9 Å². The number of aromatic nitrogens is 1. The Morgan fingerprint density at radius 1 is 1.27 bits per heavy atom. The molecule has 0 fully saturated rings. The van der Waals surface area contributed by atoms with Crippen molar-refractivity contribution in [3.8, 4) is 0 Å². The molecule has 0 radical (unpaired) electrons. The molecule has 3 aromatic rings. The summed E-state index contributed by atoms with van der Waals surface area (Å²) < 4.78 is 38.8. The van der Waals surface area contributed by atoms with Crippen molar-refractivity contribution in [3.63, 3.8) is 0 Å². The van der Waals surface area contributed by atoms with E-state index in [2.05, 4.69) is 10.3 Å². The lowest BCUT2D eigenvalue weighted by atomic mass is 10.0. The number of likely N-dealkylation sites (N-methyl/N-ethyl adjacent to an activating group) is 1. The molecule has 0 bridgehead atoms. The Hall–Kier alpha value is -2.94. The fourth-order valence-corrected chi connectivity index (χ4v) is 4.66. The van der Waals surface area contributed by atoms with Crippen LogP contribution in [0.25, 0.3) is 10.2 Å². The maximum absolute atomic E-state index is 12.9. The van der Waals surface area contributed by atoms with Crippen LogP contribution in [0.15, 0.2) is 30.3 Å². The molecule has 2 amide bonds. The Morgan fingerprint density at radius 2 is 2.00 bits per heavy atom. The number of aryl methyl sites for hydroxylation is 1. The quantitative estimate of drug-likeness (QED) is 0.655. The van der Waals surface area contributed by atoms with Gasteiger partial charge in [0.15, 0.2) is 0 Å². The van der Waals surface area contributed by atoms with Crippen molar-refractivity contribution in [2.75, 3.05) is 11.9 Å². The van der Waals surface area contributed by atoms with Gasteiger partial charge in [-0.25, -0.2) is 4.98 Å². The van der Waals surface area contributed by atoms with E-state index < -0.39 is 11.9 Å².